The molecular weight excluding hydrogens is 394 g/mol. The summed E-state index contributed by atoms with van der Waals surface area (Å²) in [6, 6.07) is 12.3. The molecule has 1 aromatic carbocycles. The van der Waals surface area contributed by atoms with Crippen LogP contribution in [0.15, 0.2) is 40.2 Å². The Morgan fingerprint density at radius 2 is 1.94 bits per heavy atom. The van der Waals surface area contributed by atoms with Gasteiger partial charge in [0.1, 0.15) is 5.01 Å². The highest BCUT2D eigenvalue weighted by Crippen LogP contribution is 2.34. The van der Waals surface area contributed by atoms with Crippen molar-refractivity contribution in [3.05, 3.63) is 50.1 Å². The minimum atomic E-state index is 1.02. The predicted octanol–water partition coefficient (Wildman–Crippen LogP) is 6.01. The van der Waals surface area contributed by atoms with E-state index < -0.39 is 0 Å². The molecule has 1 nitrogen and oxygen atoms in total. The summed E-state index contributed by atoms with van der Waals surface area (Å²) in [5.41, 5.74) is 1.06. The van der Waals surface area contributed by atoms with Crippen LogP contribution in [0.25, 0.3) is 20.8 Å². The molecule has 0 fully saturated rings. The summed E-state index contributed by atoms with van der Waals surface area (Å²) >= 11 is 10.5. The second-order valence-electron chi connectivity index (χ2n) is 3.62. The zero-order chi connectivity index (χ0) is 12.5. The number of para-hydroxylation sites is 1. The van der Waals surface area contributed by atoms with Gasteiger partial charge in [0.05, 0.1) is 14.0 Å². The van der Waals surface area contributed by atoms with Gasteiger partial charge >= 0.3 is 0 Å². The van der Waals surface area contributed by atoms with Crippen molar-refractivity contribution in [3.8, 4) is 0 Å². The first-order valence-corrected chi connectivity index (χ1v) is 8.43. The molecule has 0 N–H and O–H groups in total. The number of fused-ring (bicyclic) bond motifs is 1. The Morgan fingerprint density at radius 1 is 1.11 bits per heavy atom. The first-order chi connectivity index (χ1) is 8.72. The van der Waals surface area contributed by atoms with Crippen molar-refractivity contribution in [1.29, 1.82) is 0 Å². The summed E-state index contributed by atoms with van der Waals surface area (Å²) in [6.07, 6.45) is 2.07. The van der Waals surface area contributed by atoms with Gasteiger partial charge in [0, 0.05) is 9.36 Å². The van der Waals surface area contributed by atoms with Crippen LogP contribution in [0.5, 0.6) is 0 Å². The Balaban J connectivity index is 2.00. The van der Waals surface area contributed by atoms with Gasteiger partial charge in [-0.05, 0) is 62.2 Å². The van der Waals surface area contributed by atoms with Crippen LogP contribution in [0.2, 0.25) is 0 Å². The lowest BCUT2D eigenvalue weighted by Crippen LogP contribution is -1.70. The van der Waals surface area contributed by atoms with Crippen LogP contribution in [0.3, 0.4) is 0 Å². The lowest BCUT2D eigenvalue weighted by atomic mass is 10.3. The Morgan fingerprint density at radius 3 is 2.67 bits per heavy atom. The third-order valence-electron chi connectivity index (χ3n) is 2.37. The molecular formula is C13H7Br2NS2. The summed E-state index contributed by atoms with van der Waals surface area (Å²) in [5, 5.41) is 1.02. The number of hydrogen-bond donors (Lipinski definition) is 0. The number of benzene rings is 1. The molecule has 18 heavy (non-hydrogen) atoms. The topological polar surface area (TPSA) is 12.9 Å². The number of thiazole rings is 1. The van der Waals surface area contributed by atoms with E-state index in [2.05, 4.69) is 55.1 Å². The van der Waals surface area contributed by atoms with E-state index in [9.17, 15) is 0 Å². The number of halogens is 2. The minimum Gasteiger partial charge on any atom is -0.237 e. The van der Waals surface area contributed by atoms with Gasteiger partial charge in [0.25, 0.3) is 0 Å². The molecule has 0 amide bonds. The molecule has 2 aromatic heterocycles. The molecule has 0 saturated heterocycles. The molecule has 0 unspecified atom stereocenters. The summed E-state index contributed by atoms with van der Waals surface area (Å²) in [5.74, 6) is 0. The van der Waals surface area contributed by atoms with Gasteiger partial charge in [-0.1, -0.05) is 12.1 Å². The van der Waals surface area contributed by atoms with E-state index in [-0.39, 0.29) is 0 Å². The molecule has 0 aliphatic carbocycles. The van der Waals surface area contributed by atoms with E-state index >= 15 is 0 Å². The zero-order valence-corrected chi connectivity index (χ0v) is 13.9. The van der Waals surface area contributed by atoms with Gasteiger partial charge in [-0.15, -0.1) is 22.7 Å². The Labute approximate surface area is 129 Å². The van der Waals surface area contributed by atoms with E-state index in [1.807, 2.05) is 24.3 Å². The standard InChI is InChI=1S/C13H7Br2NS2/c14-8(10-5-6-12(15)17-10)7-13-16-9-3-1-2-4-11(9)18-13/h1-7H/b8-7-. The Hall–Kier alpha value is -0.490. The van der Waals surface area contributed by atoms with Crippen LogP contribution in [0.4, 0.5) is 0 Å². The van der Waals surface area contributed by atoms with Crippen molar-refractivity contribution in [1.82, 2.24) is 4.98 Å². The monoisotopic (exact) mass is 399 g/mol. The first-order valence-electron chi connectivity index (χ1n) is 5.21. The molecule has 3 aromatic rings. The van der Waals surface area contributed by atoms with Crippen molar-refractivity contribution >= 4 is 75.3 Å². The molecule has 0 spiro atoms. The maximum atomic E-state index is 4.59. The van der Waals surface area contributed by atoms with Crippen molar-refractivity contribution in [2.45, 2.75) is 0 Å². The molecule has 2 heterocycles. The normalized spacial score (nSPS) is 12.2. The molecule has 0 aliphatic rings. The Kier molecular flexibility index (Phi) is 3.66. The molecule has 0 bridgehead atoms. The van der Waals surface area contributed by atoms with Crippen LogP contribution >= 0.6 is 54.5 Å². The first kappa shape index (κ1) is 12.5. The number of hydrogen-bond acceptors (Lipinski definition) is 3. The van der Waals surface area contributed by atoms with Gasteiger partial charge < -0.3 is 0 Å². The molecule has 5 heteroatoms. The third-order valence-corrected chi connectivity index (χ3v) is 5.93. The van der Waals surface area contributed by atoms with E-state index in [1.165, 1.54) is 9.58 Å². The largest absolute Gasteiger partial charge is 0.237 e. The van der Waals surface area contributed by atoms with E-state index in [4.69, 9.17) is 0 Å². The average Bonchev–Trinajstić information content (AvgIpc) is 2.94. The fourth-order valence-electron chi connectivity index (χ4n) is 1.57. The summed E-state index contributed by atoms with van der Waals surface area (Å²) in [7, 11) is 0. The fraction of sp³-hybridized carbons (Fsp3) is 0. The lowest BCUT2D eigenvalue weighted by Gasteiger charge is -1.91. The zero-order valence-electron chi connectivity index (χ0n) is 9.06. The SMILES string of the molecule is Br/C(=C\c1nc2ccccc2s1)c1ccc(Br)s1. The molecule has 0 aliphatic heterocycles. The quantitative estimate of drug-likeness (QED) is 0.512. The molecule has 0 atom stereocenters. The van der Waals surface area contributed by atoms with Crippen LogP contribution in [-0.2, 0) is 0 Å². The second-order valence-corrected chi connectivity index (χ2v) is 8.00. The van der Waals surface area contributed by atoms with Crippen molar-refractivity contribution in [3.63, 3.8) is 0 Å². The molecule has 3 rings (SSSR count). The number of nitrogens with zero attached hydrogens (tertiary/aromatic N) is 1. The average molecular weight is 401 g/mol. The third kappa shape index (κ3) is 2.59. The fourth-order valence-corrected chi connectivity index (χ4v) is 4.52. The maximum absolute atomic E-state index is 4.59. The van der Waals surface area contributed by atoms with Crippen LogP contribution in [-0.4, -0.2) is 4.98 Å². The summed E-state index contributed by atoms with van der Waals surface area (Å²) in [6.45, 7) is 0. The second kappa shape index (κ2) is 5.25. The van der Waals surface area contributed by atoms with E-state index in [0.717, 1.165) is 18.8 Å². The van der Waals surface area contributed by atoms with Crippen LogP contribution < -0.4 is 0 Å². The summed E-state index contributed by atoms with van der Waals surface area (Å²) in [4.78, 5) is 5.79. The predicted molar refractivity (Wildman–Crippen MR) is 88.4 cm³/mol. The minimum absolute atomic E-state index is 1.02. The van der Waals surface area contributed by atoms with Crippen LogP contribution in [0, 0.1) is 0 Å². The number of rotatable bonds is 2. The van der Waals surface area contributed by atoms with Gasteiger partial charge in [-0.3, -0.25) is 0 Å². The Bertz CT molecular complexity index is 694. The van der Waals surface area contributed by atoms with Gasteiger partial charge in [-0.25, -0.2) is 4.98 Å². The van der Waals surface area contributed by atoms with Crippen molar-refractivity contribution in [2.75, 3.05) is 0 Å². The van der Waals surface area contributed by atoms with E-state index in [0.29, 0.717) is 0 Å². The van der Waals surface area contributed by atoms with Crippen molar-refractivity contribution in [2.24, 2.45) is 0 Å². The van der Waals surface area contributed by atoms with Gasteiger partial charge in [-0.2, -0.15) is 0 Å². The molecule has 0 radical (unpaired) electrons. The molecule has 90 valence electrons. The maximum Gasteiger partial charge on any atom is 0.118 e. The van der Waals surface area contributed by atoms with Gasteiger partial charge in [0.2, 0.25) is 0 Å². The number of thiophene rings is 1. The molecule has 0 saturated carbocycles. The highest BCUT2D eigenvalue weighted by molar-refractivity contribution is 9.15. The number of aromatic nitrogens is 1. The summed E-state index contributed by atoms with van der Waals surface area (Å²) < 4.78 is 3.42. The van der Waals surface area contributed by atoms with Crippen LogP contribution in [0.1, 0.15) is 9.88 Å². The van der Waals surface area contributed by atoms with Crippen molar-refractivity contribution < 1.29 is 0 Å². The van der Waals surface area contributed by atoms with Gasteiger partial charge in [0.15, 0.2) is 0 Å². The van der Waals surface area contributed by atoms with E-state index in [1.54, 1.807) is 22.7 Å². The smallest absolute Gasteiger partial charge is 0.118 e. The lowest BCUT2D eigenvalue weighted by molar-refractivity contribution is 1.46. The highest BCUT2D eigenvalue weighted by atomic mass is 79.9. The highest BCUT2D eigenvalue weighted by Gasteiger charge is 2.05.